The Bertz CT molecular complexity index is 3140. The first-order chi connectivity index (χ1) is 30.3. The van der Waals surface area contributed by atoms with Crippen molar-refractivity contribution in [1.82, 2.24) is 34.4 Å². The molecule has 0 spiro atoms. The minimum Gasteiger partial charge on any atom is -0.344 e. The molecule has 14 nitrogen and oxygen atoms in total. The summed E-state index contributed by atoms with van der Waals surface area (Å²) >= 11 is 6.58. The van der Waals surface area contributed by atoms with Crippen molar-refractivity contribution in [3.63, 3.8) is 0 Å². The number of anilines is 1. The van der Waals surface area contributed by atoms with Gasteiger partial charge in [0.1, 0.15) is 52.4 Å². The molecule has 346 valence electrons. The lowest BCUT2D eigenvalue weighted by Gasteiger charge is -2.24. The first kappa shape index (κ1) is 46.0. The molecule has 0 unspecified atom stereocenters. The van der Waals surface area contributed by atoms with Gasteiger partial charge in [-0.05, 0) is 74.8 Å². The Morgan fingerprint density at radius 3 is 2.31 bits per heavy atom. The maximum absolute atomic E-state index is 15.5. The van der Waals surface area contributed by atoms with Gasteiger partial charge in [0.15, 0.2) is 15.7 Å². The number of hydrogen-bond donors (Lipinski definition) is 2. The fourth-order valence-corrected chi connectivity index (χ4v) is 9.66. The van der Waals surface area contributed by atoms with Gasteiger partial charge in [0.25, 0.3) is 24.3 Å². The van der Waals surface area contributed by atoms with E-state index >= 15 is 8.78 Å². The number of hydrogen-bond acceptors (Lipinski definition) is 9. The number of carbonyl (C=O) groups excluding carboxylic acids is 1. The van der Waals surface area contributed by atoms with Gasteiger partial charge in [-0.1, -0.05) is 17.5 Å². The lowest BCUT2D eigenvalue weighted by atomic mass is 10.0. The molecule has 0 radical (unpaired) electrons. The molecule has 65 heavy (non-hydrogen) atoms. The van der Waals surface area contributed by atoms with Crippen molar-refractivity contribution >= 4 is 54.1 Å². The minimum absolute atomic E-state index is 0.0737. The molecule has 2 N–H and O–H groups in total. The standard InChI is InChI=1S/C40H35ClF8N8O6S2/c1-39(2,64(3,60)61)9-8-21-14-30(59)57(27-7-6-25(41)32-34(27)55(16-28(44)45)53-37(32)54-65(62,63)22-4-5-22)38(50-21)26(12-18-10-19(42)13-20(43)11-18)51-29(58)17-56-35-31(33(52-56)36(46)47)23-15-24(23)40(35,48)49/h6-7,10-11,13-14,22-24,26,28,36H,4-5,12,15-17H2,1-3H3,(H,51,58)(H,53,54)/t23-,24+,26-/m0/s1. The van der Waals surface area contributed by atoms with Crippen LogP contribution >= 0.6 is 11.6 Å². The summed E-state index contributed by atoms with van der Waals surface area (Å²) < 4.78 is 171. The fraction of sp³-hybridized carbons (Fsp3) is 0.425. The van der Waals surface area contributed by atoms with Crippen molar-refractivity contribution in [3.05, 3.63) is 97.4 Å². The second kappa shape index (κ2) is 16.1. The first-order valence-electron chi connectivity index (χ1n) is 19.6. The lowest BCUT2D eigenvalue weighted by molar-refractivity contribution is -0.123. The number of nitrogens with zero attached hydrogens (tertiary/aromatic N) is 6. The molecule has 3 aliphatic rings. The van der Waals surface area contributed by atoms with Crippen molar-refractivity contribution in [2.75, 3.05) is 11.0 Å². The largest absolute Gasteiger partial charge is 0.344 e. The summed E-state index contributed by atoms with van der Waals surface area (Å²) in [6, 6.07) is 3.57. The van der Waals surface area contributed by atoms with E-state index in [1.54, 1.807) is 0 Å². The summed E-state index contributed by atoms with van der Waals surface area (Å²) in [5, 5.41) is 8.91. The topological polar surface area (TPSA) is 180 Å². The van der Waals surface area contributed by atoms with E-state index < -0.39 is 138 Å². The number of benzene rings is 2. The Balaban J connectivity index is 1.34. The zero-order chi connectivity index (χ0) is 47.3. The molecule has 0 aliphatic heterocycles. The SMILES string of the molecule is CC(C)(C#Cc1cc(=O)n(-c2ccc(Cl)c3c(NS(=O)(=O)C4CC4)nn(CC(F)F)c23)c([C@H](Cc2cc(F)cc(F)c2)NC(=O)Cn2nc(C(F)F)c3c2C(F)(F)[C@@H]2C[C@H]32)n1)S(C)(=O)=O. The quantitative estimate of drug-likeness (QED) is 0.0955. The van der Waals surface area contributed by atoms with E-state index in [4.69, 9.17) is 11.6 Å². The maximum atomic E-state index is 15.5. The second-order valence-electron chi connectivity index (χ2n) is 16.5. The molecule has 0 bridgehead atoms. The van der Waals surface area contributed by atoms with E-state index in [-0.39, 0.29) is 39.2 Å². The van der Waals surface area contributed by atoms with Crippen LogP contribution in [0.15, 0.2) is 41.2 Å². The predicted octanol–water partition coefficient (Wildman–Crippen LogP) is 6.30. The molecular formula is C40H35ClF8N8O6S2. The number of aromatic nitrogens is 6. The number of sulfonamides is 1. The van der Waals surface area contributed by atoms with Gasteiger partial charge in [0.05, 0.1) is 32.9 Å². The number of amides is 1. The summed E-state index contributed by atoms with van der Waals surface area (Å²) in [5.74, 6) is -5.31. The Morgan fingerprint density at radius 1 is 1.02 bits per heavy atom. The average Bonchev–Trinajstić information content (AvgIpc) is 4.10. The van der Waals surface area contributed by atoms with Crippen LogP contribution < -0.4 is 15.6 Å². The first-order valence-corrected chi connectivity index (χ1v) is 23.5. The highest BCUT2D eigenvalue weighted by Crippen LogP contribution is 2.68. The van der Waals surface area contributed by atoms with Crippen molar-refractivity contribution in [1.29, 1.82) is 0 Å². The van der Waals surface area contributed by atoms with E-state index in [0.717, 1.165) is 35.1 Å². The highest BCUT2D eigenvalue weighted by atomic mass is 35.5. The van der Waals surface area contributed by atoms with Gasteiger partial charge in [0.2, 0.25) is 15.9 Å². The summed E-state index contributed by atoms with van der Waals surface area (Å²) in [5.41, 5.74) is -4.69. The average molecular weight is 975 g/mol. The summed E-state index contributed by atoms with van der Waals surface area (Å²) in [7, 11) is -8.00. The van der Waals surface area contributed by atoms with Crippen LogP contribution in [0.1, 0.15) is 85.5 Å². The second-order valence-corrected chi connectivity index (χ2v) is 21.5. The molecule has 0 saturated heterocycles. The molecule has 2 fully saturated rings. The van der Waals surface area contributed by atoms with E-state index in [2.05, 4.69) is 37.1 Å². The van der Waals surface area contributed by atoms with Gasteiger partial charge < -0.3 is 5.32 Å². The number of carbonyl (C=O) groups is 1. The highest BCUT2D eigenvalue weighted by molar-refractivity contribution is 7.93. The molecule has 8 rings (SSSR count). The van der Waals surface area contributed by atoms with Crippen LogP contribution in [0.5, 0.6) is 0 Å². The number of nitrogens with one attached hydrogen (secondary N) is 2. The number of sulfone groups is 1. The third-order valence-electron chi connectivity index (χ3n) is 11.4. The molecule has 1 amide bonds. The third-order valence-corrected chi connectivity index (χ3v) is 15.5. The molecule has 3 aliphatic carbocycles. The fourth-order valence-electron chi connectivity index (χ4n) is 7.85. The van der Waals surface area contributed by atoms with E-state index in [0.29, 0.717) is 28.3 Å². The molecule has 3 aromatic heterocycles. The van der Waals surface area contributed by atoms with E-state index in [1.165, 1.54) is 19.9 Å². The molecule has 25 heteroatoms. The number of rotatable bonds is 14. The van der Waals surface area contributed by atoms with Gasteiger partial charge in [-0.2, -0.15) is 19.0 Å². The molecule has 3 atom stereocenters. The van der Waals surface area contributed by atoms with Crippen LogP contribution in [-0.4, -0.2) is 74.5 Å². The molecule has 2 aromatic carbocycles. The van der Waals surface area contributed by atoms with Gasteiger partial charge in [-0.3, -0.25) is 28.2 Å². The number of halogens is 9. The summed E-state index contributed by atoms with van der Waals surface area (Å²) in [4.78, 5) is 33.1. The maximum Gasteiger partial charge on any atom is 0.293 e. The van der Waals surface area contributed by atoms with E-state index in [9.17, 15) is 52.8 Å². The van der Waals surface area contributed by atoms with Crippen molar-refractivity contribution in [2.24, 2.45) is 5.92 Å². The zero-order valence-electron chi connectivity index (χ0n) is 34.0. The molecular weight excluding hydrogens is 940 g/mol. The summed E-state index contributed by atoms with van der Waals surface area (Å²) in [6.45, 7) is 0.185. The lowest BCUT2D eigenvalue weighted by Crippen LogP contribution is -2.38. The molecule has 3 heterocycles. The zero-order valence-corrected chi connectivity index (χ0v) is 36.4. The smallest absolute Gasteiger partial charge is 0.293 e. The number of fused-ring (bicyclic) bond motifs is 4. The van der Waals surface area contributed by atoms with Crippen molar-refractivity contribution in [3.8, 4) is 17.5 Å². The monoisotopic (exact) mass is 974 g/mol. The highest BCUT2D eigenvalue weighted by Gasteiger charge is 2.67. The van der Waals surface area contributed by atoms with Crippen LogP contribution in [0.2, 0.25) is 5.02 Å². The van der Waals surface area contributed by atoms with Crippen molar-refractivity contribution < 1.29 is 56.8 Å². The van der Waals surface area contributed by atoms with E-state index in [1.807, 2.05) is 0 Å². The van der Waals surface area contributed by atoms with Gasteiger partial charge >= 0.3 is 0 Å². The number of alkyl halides is 6. The third kappa shape index (κ3) is 8.69. The Kier molecular flexibility index (Phi) is 11.4. The van der Waals surface area contributed by atoms with Crippen molar-refractivity contribution in [2.45, 2.75) is 93.4 Å². The Labute approximate surface area is 369 Å². The van der Waals surface area contributed by atoms with Crippen LogP contribution in [0, 0.1) is 29.4 Å². The molecule has 2 saturated carbocycles. The van der Waals surface area contributed by atoms with Gasteiger partial charge in [-0.15, -0.1) is 0 Å². The van der Waals surface area contributed by atoms with Gasteiger partial charge in [0, 0.05) is 36.3 Å². The predicted molar refractivity (Wildman–Crippen MR) is 218 cm³/mol. The van der Waals surface area contributed by atoms with Crippen LogP contribution in [0.25, 0.3) is 16.6 Å². The minimum atomic E-state index is -4.12. The Hall–Kier alpha value is -5.54. The van der Waals surface area contributed by atoms with Crippen LogP contribution in [0.3, 0.4) is 0 Å². The Morgan fingerprint density at radius 2 is 1.69 bits per heavy atom. The molecule has 5 aromatic rings. The van der Waals surface area contributed by atoms with Crippen LogP contribution in [-0.2, 0) is 50.1 Å². The van der Waals surface area contributed by atoms with Gasteiger partial charge in [-0.25, -0.2) is 48.2 Å². The van der Waals surface area contributed by atoms with Crippen LogP contribution in [0.4, 0.5) is 40.9 Å². The summed E-state index contributed by atoms with van der Waals surface area (Å²) in [6.07, 6.45) is -5.67. The normalized spacial score (nSPS) is 18.4.